The van der Waals surface area contributed by atoms with Crippen molar-refractivity contribution in [2.45, 2.75) is 32.2 Å². The van der Waals surface area contributed by atoms with E-state index in [4.69, 9.17) is 5.73 Å². The topological polar surface area (TPSA) is 29.3 Å². The molecule has 0 heterocycles. The maximum atomic E-state index is 6.00. The van der Waals surface area contributed by atoms with E-state index < -0.39 is 0 Å². The normalized spacial score (nSPS) is 17.9. The molecule has 1 unspecified atom stereocenters. The third kappa shape index (κ3) is 2.38. The van der Waals surface area contributed by atoms with Gasteiger partial charge in [0.2, 0.25) is 0 Å². The third-order valence-corrected chi connectivity index (χ3v) is 3.60. The van der Waals surface area contributed by atoms with E-state index in [9.17, 15) is 0 Å². The predicted molar refractivity (Wildman–Crippen MR) is 69.7 cm³/mol. The Kier molecular flexibility index (Phi) is 3.49. The van der Waals surface area contributed by atoms with E-state index in [0.717, 1.165) is 5.92 Å². The van der Waals surface area contributed by atoms with Gasteiger partial charge in [-0.2, -0.15) is 0 Å². The highest BCUT2D eigenvalue weighted by atomic mass is 15.1. The first-order valence-electron chi connectivity index (χ1n) is 6.24. The summed E-state index contributed by atoms with van der Waals surface area (Å²) in [5.74, 6) is 0.895. The largest absolute Gasteiger partial charge is 0.374 e. The van der Waals surface area contributed by atoms with Crippen LogP contribution in [0.15, 0.2) is 24.3 Å². The second-order valence-corrected chi connectivity index (χ2v) is 5.02. The van der Waals surface area contributed by atoms with Crippen molar-refractivity contribution in [1.82, 2.24) is 0 Å². The summed E-state index contributed by atoms with van der Waals surface area (Å²) < 4.78 is 0. The van der Waals surface area contributed by atoms with E-state index in [0.29, 0.717) is 0 Å². The maximum Gasteiger partial charge on any atom is 0.0412 e. The lowest BCUT2D eigenvalue weighted by atomic mass is 9.85. The lowest BCUT2D eigenvalue weighted by Crippen LogP contribution is -2.30. The minimum atomic E-state index is 0.111. The van der Waals surface area contributed by atoms with Crippen molar-refractivity contribution < 1.29 is 0 Å². The number of nitrogens with two attached hydrogens (primary N) is 1. The number of hydrogen-bond acceptors (Lipinski definition) is 2. The summed E-state index contributed by atoms with van der Waals surface area (Å²) in [5.41, 5.74) is 8.55. The molecule has 1 aromatic rings. The summed E-state index contributed by atoms with van der Waals surface area (Å²) in [4.78, 5) is 2.36. The molecular weight excluding hydrogens is 196 g/mol. The molecule has 1 aliphatic rings. The molecule has 0 aromatic heterocycles. The summed E-state index contributed by atoms with van der Waals surface area (Å²) in [6.45, 7) is 3.22. The van der Waals surface area contributed by atoms with Gasteiger partial charge in [-0.1, -0.05) is 24.6 Å². The summed E-state index contributed by atoms with van der Waals surface area (Å²) in [6.07, 6.45) is 4.20. The molecule has 16 heavy (non-hydrogen) atoms. The zero-order valence-corrected chi connectivity index (χ0v) is 10.3. The highest BCUT2D eigenvalue weighted by Crippen LogP contribution is 2.30. The zero-order valence-electron chi connectivity index (χ0n) is 10.3. The molecule has 2 rings (SSSR count). The van der Waals surface area contributed by atoms with Crippen LogP contribution in [0.5, 0.6) is 0 Å². The quantitative estimate of drug-likeness (QED) is 0.842. The van der Waals surface area contributed by atoms with Crippen molar-refractivity contribution in [3.63, 3.8) is 0 Å². The monoisotopic (exact) mass is 218 g/mol. The van der Waals surface area contributed by atoms with Gasteiger partial charge in [-0.15, -0.1) is 0 Å². The lowest BCUT2D eigenvalue weighted by Gasteiger charge is -2.32. The average Bonchev–Trinajstić information content (AvgIpc) is 2.23. The number of para-hydroxylation sites is 1. The first-order valence-corrected chi connectivity index (χ1v) is 6.24. The van der Waals surface area contributed by atoms with Gasteiger partial charge >= 0.3 is 0 Å². The fourth-order valence-electron chi connectivity index (χ4n) is 2.38. The minimum Gasteiger partial charge on any atom is -0.374 e. The molecule has 1 fully saturated rings. The number of benzene rings is 1. The van der Waals surface area contributed by atoms with Crippen molar-refractivity contribution in [2.75, 3.05) is 18.5 Å². The van der Waals surface area contributed by atoms with E-state index in [-0.39, 0.29) is 6.04 Å². The van der Waals surface area contributed by atoms with Gasteiger partial charge in [0, 0.05) is 25.3 Å². The van der Waals surface area contributed by atoms with Crippen LogP contribution < -0.4 is 10.6 Å². The molecule has 0 radical (unpaired) electrons. The van der Waals surface area contributed by atoms with Crippen LogP contribution in [0.25, 0.3) is 0 Å². The Hall–Kier alpha value is -1.02. The van der Waals surface area contributed by atoms with Gasteiger partial charge in [0.15, 0.2) is 0 Å². The average molecular weight is 218 g/mol. The number of nitrogens with zero attached hydrogens (tertiary/aromatic N) is 1. The van der Waals surface area contributed by atoms with Gasteiger partial charge in [0.05, 0.1) is 0 Å². The number of rotatable bonds is 4. The van der Waals surface area contributed by atoms with E-state index in [1.165, 1.54) is 37.1 Å². The van der Waals surface area contributed by atoms with E-state index in [1.54, 1.807) is 0 Å². The van der Waals surface area contributed by atoms with Crippen LogP contribution >= 0.6 is 0 Å². The predicted octanol–water partition coefficient (Wildman–Crippen LogP) is 2.94. The highest BCUT2D eigenvalue weighted by Gasteiger charge is 2.20. The molecule has 1 saturated carbocycles. The van der Waals surface area contributed by atoms with Crippen LogP contribution in [-0.4, -0.2) is 13.6 Å². The Labute approximate surface area is 98.4 Å². The summed E-state index contributed by atoms with van der Waals surface area (Å²) >= 11 is 0. The second-order valence-electron chi connectivity index (χ2n) is 5.02. The molecule has 2 N–H and O–H groups in total. The Morgan fingerprint density at radius 3 is 2.62 bits per heavy atom. The summed E-state index contributed by atoms with van der Waals surface area (Å²) in [7, 11) is 2.18. The van der Waals surface area contributed by atoms with E-state index >= 15 is 0 Å². The van der Waals surface area contributed by atoms with Gasteiger partial charge in [-0.25, -0.2) is 0 Å². The van der Waals surface area contributed by atoms with Crippen LogP contribution in [0.4, 0.5) is 5.69 Å². The Balaban J connectivity index is 2.11. The van der Waals surface area contributed by atoms with Crippen LogP contribution in [0.3, 0.4) is 0 Å². The van der Waals surface area contributed by atoms with Crippen molar-refractivity contribution in [2.24, 2.45) is 11.7 Å². The fourth-order valence-corrected chi connectivity index (χ4v) is 2.38. The molecule has 0 aliphatic heterocycles. The van der Waals surface area contributed by atoms with Crippen molar-refractivity contribution in [3.8, 4) is 0 Å². The Morgan fingerprint density at radius 2 is 2.06 bits per heavy atom. The van der Waals surface area contributed by atoms with Crippen LogP contribution in [0, 0.1) is 5.92 Å². The summed E-state index contributed by atoms with van der Waals surface area (Å²) in [6, 6.07) is 8.59. The van der Waals surface area contributed by atoms with Crippen LogP contribution in [0.1, 0.15) is 37.8 Å². The molecule has 1 atom stereocenters. The van der Waals surface area contributed by atoms with Gasteiger partial charge in [0.25, 0.3) is 0 Å². The van der Waals surface area contributed by atoms with Crippen molar-refractivity contribution in [1.29, 1.82) is 0 Å². The number of anilines is 1. The summed E-state index contributed by atoms with van der Waals surface area (Å²) in [5, 5.41) is 0. The second kappa shape index (κ2) is 4.88. The van der Waals surface area contributed by atoms with Gasteiger partial charge < -0.3 is 10.6 Å². The minimum absolute atomic E-state index is 0.111. The molecule has 1 aliphatic carbocycles. The van der Waals surface area contributed by atoms with E-state index in [2.05, 4.69) is 43.1 Å². The molecule has 2 nitrogen and oxygen atoms in total. The van der Waals surface area contributed by atoms with Gasteiger partial charge in [-0.05, 0) is 37.3 Å². The molecule has 0 spiro atoms. The molecule has 1 aromatic carbocycles. The smallest absolute Gasteiger partial charge is 0.0412 e. The van der Waals surface area contributed by atoms with Crippen molar-refractivity contribution >= 4 is 5.69 Å². The third-order valence-electron chi connectivity index (χ3n) is 3.60. The van der Waals surface area contributed by atoms with Gasteiger partial charge in [0.1, 0.15) is 0 Å². The number of hydrogen-bond donors (Lipinski definition) is 1. The molecule has 0 bridgehead atoms. The first kappa shape index (κ1) is 11.5. The SMILES string of the molecule is CC(N)c1ccccc1N(C)CC1CCC1. The molecule has 2 heteroatoms. The molecule has 0 amide bonds. The lowest BCUT2D eigenvalue weighted by molar-refractivity contribution is 0.321. The van der Waals surface area contributed by atoms with E-state index in [1.807, 2.05) is 0 Å². The molecule has 88 valence electrons. The fraction of sp³-hybridized carbons (Fsp3) is 0.571. The van der Waals surface area contributed by atoms with Gasteiger partial charge in [-0.3, -0.25) is 0 Å². The zero-order chi connectivity index (χ0) is 11.5. The molecular formula is C14H22N2. The maximum absolute atomic E-state index is 6.00. The first-order chi connectivity index (χ1) is 7.68. The van der Waals surface area contributed by atoms with Crippen LogP contribution in [-0.2, 0) is 0 Å². The Bertz CT molecular complexity index is 342. The Morgan fingerprint density at radius 1 is 1.38 bits per heavy atom. The highest BCUT2D eigenvalue weighted by molar-refractivity contribution is 5.54. The molecule has 0 saturated heterocycles. The van der Waals surface area contributed by atoms with Crippen molar-refractivity contribution in [3.05, 3.63) is 29.8 Å². The van der Waals surface area contributed by atoms with Crippen LogP contribution in [0.2, 0.25) is 0 Å². The standard InChI is InChI=1S/C14H22N2/c1-11(15)13-8-3-4-9-14(13)16(2)10-12-6-5-7-12/h3-4,8-9,11-12H,5-7,10,15H2,1-2H3.